The molecule has 0 bridgehead atoms. The highest BCUT2D eigenvalue weighted by molar-refractivity contribution is 6.34. The number of rotatable bonds is 8. The summed E-state index contributed by atoms with van der Waals surface area (Å²) in [4.78, 5) is 39.8. The van der Waals surface area contributed by atoms with Crippen LogP contribution in [-0.4, -0.2) is 112 Å². The number of alkyl halides is 3. The Bertz CT molecular complexity index is 2380. The smallest absolute Gasteiger partial charge is 0.418 e. The van der Waals surface area contributed by atoms with E-state index in [9.17, 15) is 18.0 Å². The van der Waals surface area contributed by atoms with E-state index in [-0.39, 0.29) is 63.2 Å². The molecule has 16 heteroatoms. The number of halogens is 5. The Morgan fingerprint density at radius 3 is 2.58 bits per heavy atom. The van der Waals surface area contributed by atoms with Crippen LogP contribution >= 0.6 is 11.6 Å². The molecule has 0 saturated carbocycles. The van der Waals surface area contributed by atoms with Crippen molar-refractivity contribution in [3.8, 4) is 17.3 Å². The number of pyridine rings is 2. The maximum Gasteiger partial charge on any atom is 0.418 e. The van der Waals surface area contributed by atoms with Gasteiger partial charge in [0.2, 0.25) is 5.91 Å². The summed E-state index contributed by atoms with van der Waals surface area (Å²) in [7, 11) is 2.14. The number of carbonyl (C=O) groups excluding carboxylic acids is 1. The summed E-state index contributed by atoms with van der Waals surface area (Å²) >= 11 is 6.72. The second-order valence-electron chi connectivity index (χ2n) is 17.0. The zero-order valence-electron chi connectivity index (χ0n) is 34.4. The molecule has 1 aromatic carbocycles. The van der Waals surface area contributed by atoms with Gasteiger partial charge in [0.05, 0.1) is 33.1 Å². The second kappa shape index (κ2) is 16.2. The van der Waals surface area contributed by atoms with Crippen molar-refractivity contribution in [2.75, 3.05) is 70.1 Å². The zero-order valence-corrected chi connectivity index (χ0v) is 35.1. The molecule has 2 atom stereocenters. The van der Waals surface area contributed by atoms with Crippen molar-refractivity contribution in [1.29, 1.82) is 0 Å². The summed E-state index contributed by atoms with van der Waals surface area (Å²) in [6, 6.07) is 4.09. The van der Waals surface area contributed by atoms with Gasteiger partial charge in [-0.1, -0.05) is 23.8 Å². The number of amides is 1. The van der Waals surface area contributed by atoms with Crippen molar-refractivity contribution < 1.29 is 27.1 Å². The number of hydrogen-bond acceptors (Lipinski definition) is 10. The van der Waals surface area contributed by atoms with E-state index in [1.54, 1.807) is 17.1 Å². The van der Waals surface area contributed by atoms with Crippen LogP contribution in [0.3, 0.4) is 0 Å². The third-order valence-corrected chi connectivity index (χ3v) is 13.0. The number of hydrogen-bond donors (Lipinski definition) is 1. The summed E-state index contributed by atoms with van der Waals surface area (Å²) in [5.41, 5.74) is 6.88. The van der Waals surface area contributed by atoms with Gasteiger partial charge in [0, 0.05) is 49.9 Å². The number of anilines is 2. The molecule has 4 saturated heterocycles. The number of benzene rings is 1. The highest BCUT2D eigenvalue weighted by Gasteiger charge is 2.47. The zero-order chi connectivity index (χ0) is 42.7. The van der Waals surface area contributed by atoms with Crippen molar-refractivity contribution >= 4 is 46.1 Å². The lowest BCUT2D eigenvalue weighted by molar-refractivity contribution is -0.137. The van der Waals surface area contributed by atoms with Crippen LogP contribution < -0.4 is 15.4 Å². The fraction of sp³-hybridized carbons (Fsp3) is 0.477. The summed E-state index contributed by atoms with van der Waals surface area (Å²) in [6.07, 6.45) is 5.05. The number of aromatic nitrogens is 4. The Morgan fingerprint density at radius 1 is 1.08 bits per heavy atom. The van der Waals surface area contributed by atoms with E-state index in [2.05, 4.69) is 51.4 Å². The molecule has 8 rings (SSSR count). The van der Waals surface area contributed by atoms with Crippen molar-refractivity contribution in [3.63, 3.8) is 0 Å². The van der Waals surface area contributed by atoms with Crippen LogP contribution in [0.1, 0.15) is 72.9 Å². The first kappa shape index (κ1) is 41.9. The first-order chi connectivity index (χ1) is 28.5. The number of piperidine rings is 1. The molecule has 0 spiro atoms. The number of fused-ring (bicyclic) bond motifs is 2. The molecule has 1 amide bonds. The number of nitrogen functional groups attached to an aromatic ring is 1. The Hall–Kier alpha value is -4.86. The van der Waals surface area contributed by atoms with Crippen molar-refractivity contribution in [3.05, 3.63) is 81.4 Å². The number of aryl methyl sites for hydroxylation is 2. The third-order valence-electron chi connectivity index (χ3n) is 12.7. The normalized spacial score (nSPS) is 22.1. The van der Waals surface area contributed by atoms with Gasteiger partial charge in [0.15, 0.2) is 5.82 Å². The number of nitrogens with zero attached hydrogens (tertiary/aromatic N) is 8. The van der Waals surface area contributed by atoms with Crippen LogP contribution in [0.25, 0.3) is 28.2 Å². The molecule has 7 heterocycles. The van der Waals surface area contributed by atoms with Gasteiger partial charge in [-0.2, -0.15) is 23.1 Å². The molecule has 0 aliphatic carbocycles. The van der Waals surface area contributed by atoms with E-state index in [0.29, 0.717) is 25.6 Å². The lowest BCUT2D eigenvalue weighted by Crippen LogP contribution is -2.53. The van der Waals surface area contributed by atoms with E-state index >= 15 is 4.39 Å². The van der Waals surface area contributed by atoms with Crippen molar-refractivity contribution in [2.24, 2.45) is 0 Å². The van der Waals surface area contributed by atoms with E-state index in [0.717, 1.165) is 81.2 Å². The highest BCUT2D eigenvalue weighted by Crippen LogP contribution is 2.46. The maximum atomic E-state index is 17.1. The highest BCUT2D eigenvalue weighted by atomic mass is 35.5. The Labute approximate surface area is 352 Å². The van der Waals surface area contributed by atoms with Crippen LogP contribution in [0.5, 0.6) is 6.01 Å². The Balaban J connectivity index is 1.11. The van der Waals surface area contributed by atoms with Crippen LogP contribution in [0.4, 0.5) is 29.2 Å². The molecule has 2 N–H and O–H groups in total. The van der Waals surface area contributed by atoms with Gasteiger partial charge in [-0.3, -0.25) is 14.7 Å². The van der Waals surface area contributed by atoms with Gasteiger partial charge in [-0.05, 0) is 126 Å². The SMILES string of the molecule is C=C1CN2CCC[C@@]2(COc2nc(N3CCN(C(=O)/C=C/c4cc(C5CCN(C)CC5)c(C)cn4)C[C@@H]3C)c3cc(Cl)c(-c4nc(N)cc(C)c4C(F)(F)F)c(F)c3n2)C1. The summed E-state index contributed by atoms with van der Waals surface area (Å²) in [5, 5.41) is -0.142. The predicted molar refractivity (Wildman–Crippen MR) is 226 cm³/mol. The summed E-state index contributed by atoms with van der Waals surface area (Å²) in [5.74, 6) is -0.772. The molecule has 4 aliphatic heterocycles. The molecule has 0 unspecified atom stereocenters. The number of likely N-dealkylation sites (tertiary alicyclic amines) is 1. The van der Waals surface area contributed by atoms with E-state index in [1.165, 1.54) is 18.6 Å². The lowest BCUT2D eigenvalue weighted by Gasteiger charge is -2.40. The average Bonchev–Trinajstić information content (AvgIpc) is 3.72. The largest absolute Gasteiger partial charge is 0.461 e. The number of nitrogens with two attached hydrogens (primary N) is 1. The second-order valence-corrected chi connectivity index (χ2v) is 17.4. The number of ether oxygens (including phenoxy) is 1. The minimum atomic E-state index is -4.89. The van der Waals surface area contributed by atoms with E-state index < -0.39 is 28.8 Å². The molecule has 0 radical (unpaired) electrons. The van der Waals surface area contributed by atoms with Gasteiger partial charge < -0.3 is 25.2 Å². The molecule has 4 aromatic rings. The van der Waals surface area contributed by atoms with Crippen molar-refractivity contribution in [2.45, 2.75) is 76.6 Å². The van der Waals surface area contributed by atoms with Gasteiger partial charge in [-0.15, -0.1) is 0 Å². The average molecular weight is 848 g/mol. The quantitative estimate of drug-likeness (QED) is 0.107. The summed E-state index contributed by atoms with van der Waals surface area (Å²) < 4.78 is 66.9. The summed E-state index contributed by atoms with van der Waals surface area (Å²) in [6.45, 7) is 14.3. The van der Waals surface area contributed by atoms with Crippen LogP contribution in [0.15, 0.2) is 42.6 Å². The lowest BCUT2D eigenvalue weighted by atomic mass is 9.87. The fourth-order valence-electron chi connectivity index (χ4n) is 9.68. The van der Waals surface area contributed by atoms with Crippen LogP contribution in [0, 0.1) is 19.7 Å². The van der Waals surface area contributed by atoms with Crippen molar-refractivity contribution in [1.82, 2.24) is 34.6 Å². The van der Waals surface area contributed by atoms with Gasteiger partial charge in [-0.25, -0.2) is 9.37 Å². The minimum Gasteiger partial charge on any atom is -0.461 e. The maximum absolute atomic E-state index is 17.1. The molecule has 4 fully saturated rings. The molecule has 11 nitrogen and oxygen atoms in total. The number of carbonyl (C=O) groups is 1. The predicted octanol–water partition coefficient (Wildman–Crippen LogP) is 7.83. The molecule has 3 aromatic heterocycles. The third kappa shape index (κ3) is 8.03. The standard InChI is InChI=1S/C44H50ClF4N9O2/c1-25-20-43(11-6-12-57(43)22-25)24-60-42-53-39-32(19-33(45)36(38(39)46)40-37(44(47,48)49)26(2)17-34(50)52-40)41(54-42)58-16-15-56(23-28(58)4)35(59)8-7-30-18-31(27(3)21-51-30)29-9-13-55(5)14-10-29/h7-8,17-19,21,28-29H,1,6,9-16,20,22-24H2,2-5H3,(H2,50,52)/b8-7+/t28-,43-/m0/s1. The fourth-order valence-corrected chi connectivity index (χ4v) is 9.97. The molecule has 318 valence electrons. The van der Waals surface area contributed by atoms with E-state index in [4.69, 9.17) is 27.1 Å². The van der Waals surface area contributed by atoms with Gasteiger partial charge in [0.25, 0.3) is 0 Å². The minimum absolute atomic E-state index is 0.130. The number of piperazine rings is 1. The monoisotopic (exact) mass is 847 g/mol. The Kier molecular flexibility index (Phi) is 11.3. The van der Waals surface area contributed by atoms with Gasteiger partial charge >= 0.3 is 12.2 Å². The topological polar surface area (TPSA) is 117 Å². The molecular weight excluding hydrogens is 798 g/mol. The molecular formula is C44H50ClF4N9O2. The van der Waals surface area contributed by atoms with Crippen LogP contribution in [-0.2, 0) is 11.0 Å². The first-order valence-corrected chi connectivity index (χ1v) is 20.9. The van der Waals surface area contributed by atoms with Gasteiger partial charge in [0.1, 0.15) is 23.8 Å². The molecule has 4 aliphatic rings. The van der Waals surface area contributed by atoms with Crippen LogP contribution in [0.2, 0.25) is 5.02 Å². The first-order valence-electron chi connectivity index (χ1n) is 20.5. The Morgan fingerprint density at radius 2 is 1.85 bits per heavy atom. The van der Waals surface area contributed by atoms with E-state index in [1.807, 2.05) is 18.0 Å². The molecule has 60 heavy (non-hydrogen) atoms.